The van der Waals surface area contributed by atoms with Crippen molar-refractivity contribution >= 4 is 34.9 Å². The summed E-state index contributed by atoms with van der Waals surface area (Å²) in [5.74, 6) is -0.152. The van der Waals surface area contributed by atoms with Crippen LogP contribution in [-0.4, -0.2) is 37.7 Å². The lowest BCUT2D eigenvalue weighted by Gasteiger charge is -2.19. The first kappa shape index (κ1) is 18.3. The molecule has 0 atom stereocenters. The van der Waals surface area contributed by atoms with Gasteiger partial charge in [-0.25, -0.2) is 9.59 Å². The van der Waals surface area contributed by atoms with E-state index in [4.69, 9.17) is 14.2 Å². The number of hydrogen-bond acceptors (Lipinski definition) is 7. The second-order valence-corrected chi connectivity index (χ2v) is 7.49. The van der Waals surface area contributed by atoms with Crippen molar-refractivity contribution in [2.75, 3.05) is 25.1 Å². The topological polar surface area (TPSA) is 103 Å². The number of hydrogen-bond donors (Lipinski definition) is 2. The number of benzene rings is 1. The lowest BCUT2D eigenvalue weighted by atomic mass is 10.2. The fraction of sp³-hybridized carbons (Fsp3) is 0.316. The summed E-state index contributed by atoms with van der Waals surface area (Å²) in [6.07, 6.45) is 3.06. The van der Waals surface area contributed by atoms with Crippen LogP contribution in [0.15, 0.2) is 24.3 Å². The quantitative estimate of drug-likeness (QED) is 0.762. The molecular formula is C19H18N2O6S. The summed E-state index contributed by atoms with van der Waals surface area (Å²) in [5, 5.41) is 4.64. The number of rotatable bonds is 4. The van der Waals surface area contributed by atoms with E-state index in [1.165, 1.54) is 21.8 Å². The zero-order valence-corrected chi connectivity index (χ0v) is 15.7. The van der Waals surface area contributed by atoms with Gasteiger partial charge in [0.2, 0.25) is 0 Å². The molecule has 2 aromatic rings. The average molecular weight is 402 g/mol. The monoisotopic (exact) mass is 402 g/mol. The molecule has 0 saturated carbocycles. The predicted octanol–water partition coefficient (Wildman–Crippen LogP) is 2.51. The van der Waals surface area contributed by atoms with Gasteiger partial charge in [0, 0.05) is 16.6 Å². The van der Waals surface area contributed by atoms with Crippen molar-refractivity contribution in [2.24, 2.45) is 0 Å². The molecule has 3 amide bonds. The molecule has 2 N–H and O–H groups in total. The third-order valence-electron chi connectivity index (χ3n) is 4.34. The Morgan fingerprint density at radius 2 is 1.89 bits per heavy atom. The van der Waals surface area contributed by atoms with E-state index in [1.54, 1.807) is 18.2 Å². The van der Waals surface area contributed by atoms with Gasteiger partial charge in [-0.05, 0) is 43.0 Å². The highest BCUT2D eigenvalue weighted by Crippen LogP contribution is 2.32. The van der Waals surface area contributed by atoms with E-state index in [0.717, 1.165) is 19.3 Å². The van der Waals surface area contributed by atoms with Crippen molar-refractivity contribution in [2.45, 2.75) is 19.3 Å². The van der Waals surface area contributed by atoms with E-state index < -0.39 is 24.5 Å². The Balaban J connectivity index is 1.25. The summed E-state index contributed by atoms with van der Waals surface area (Å²) < 4.78 is 15.8. The van der Waals surface area contributed by atoms with Crippen LogP contribution < -0.4 is 20.1 Å². The molecule has 1 aliphatic carbocycles. The van der Waals surface area contributed by atoms with Crippen molar-refractivity contribution in [3.05, 3.63) is 39.6 Å². The van der Waals surface area contributed by atoms with Crippen LogP contribution in [0.4, 0.5) is 10.5 Å². The highest BCUT2D eigenvalue weighted by Gasteiger charge is 2.20. The summed E-state index contributed by atoms with van der Waals surface area (Å²) in [4.78, 5) is 37.5. The second kappa shape index (κ2) is 7.89. The molecule has 1 aliphatic heterocycles. The Hall–Kier alpha value is -3.07. The van der Waals surface area contributed by atoms with Gasteiger partial charge in [0.25, 0.3) is 5.91 Å². The molecule has 9 heteroatoms. The van der Waals surface area contributed by atoms with Gasteiger partial charge in [0.15, 0.2) is 18.1 Å². The van der Waals surface area contributed by atoms with Gasteiger partial charge in [0.05, 0.1) is 0 Å². The van der Waals surface area contributed by atoms with Crippen LogP contribution >= 0.6 is 11.3 Å². The van der Waals surface area contributed by atoms with Gasteiger partial charge in [-0.2, -0.15) is 0 Å². The van der Waals surface area contributed by atoms with Crippen LogP contribution in [0.2, 0.25) is 0 Å². The molecule has 2 aliphatic rings. The van der Waals surface area contributed by atoms with E-state index >= 15 is 0 Å². The van der Waals surface area contributed by atoms with Crippen molar-refractivity contribution in [3.63, 3.8) is 0 Å². The molecule has 8 nitrogen and oxygen atoms in total. The molecule has 0 saturated heterocycles. The summed E-state index contributed by atoms with van der Waals surface area (Å²) in [6, 6.07) is 6.00. The first-order chi connectivity index (χ1) is 13.6. The Morgan fingerprint density at radius 3 is 2.71 bits per heavy atom. The van der Waals surface area contributed by atoms with E-state index in [9.17, 15) is 14.4 Å². The minimum Gasteiger partial charge on any atom is -0.486 e. The number of fused-ring (bicyclic) bond motifs is 2. The average Bonchev–Trinajstić information content (AvgIpc) is 3.28. The summed E-state index contributed by atoms with van der Waals surface area (Å²) in [7, 11) is 0. The Morgan fingerprint density at radius 1 is 1.07 bits per heavy atom. The molecule has 1 aromatic carbocycles. The predicted molar refractivity (Wildman–Crippen MR) is 101 cm³/mol. The molecule has 0 bridgehead atoms. The van der Waals surface area contributed by atoms with Crippen molar-refractivity contribution < 1.29 is 28.6 Å². The number of thiophene rings is 1. The SMILES string of the molecule is O=C(COC(=O)c1cc2c(s1)CCC2)NC(=O)Nc1ccc2c(c1)OCCO2. The van der Waals surface area contributed by atoms with Crippen LogP contribution in [0.1, 0.15) is 26.5 Å². The van der Waals surface area contributed by atoms with E-state index in [0.29, 0.717) is 35.3 Å². The Bertz CT molecular complexity index is 917. The minimum atomic E-state index is -0.729. The van der Waals surface area contributed by atoms with E-state index in [-0.39, 0.29) is 0 Å². The first-order valence-electron chi connectivity index (χ1n) is 8.88. The number of aryl methyl sites for hydroxylation is 2. The molecule has 0 radical (unpaired) electrons. The number of imide groups is 1. The summed E-state index contributed by atoms with van der Waals surface area (Å²) in [5.41, 5.74) is 1.62. The first-order valence-corrected chi connectivity index (χ1v) is 9.69. The Labute approximate surface area is 164 Å². The molecule has 2 heterocycles. The number of esters is 1. The zero-order chi connectivity index (χ0) is 19.5. The normalized spacial score (nSPS) is 14.1. The van der Waals surface area contributed by atoms with Crippen LogP contribution in [0.5, 0.6) is 11.5 Å². The number of amides is 3. The number of ether oxygens (including phenoxy) is 3. The highest BCUT2D eigenvalue weighted by atomic mass is 32.1. The number of anilines is 1. The lowest BCUT2D eigenvalue weighted by Crippen LogP contribution is -2.37. The van der Waals surface area contributed by atoms with Gasteiger partial charge < -0.3 is 19.5 Å². The molecule has 4 rings (SSSR count). The van der Waals surface area contributed by atoms with Crippen LogP contribution in [0.25, 0.3) is 0 Å². The number of urea groups is 1. The van der Waals surface area contributed by atoms with E-state index in [2.05, 4.69) is 10.6 Å². The van der Waals surface area contributed by atoms with Gasteiger partial charge in [0.1, 0.15) is 18.1 Å². The van der Waals surface area contributed by atoms with Crippen LogP contribution in [0.3, 0.4) is 0 Å². The Kier molecular flexibility index (Phi) is 5.16. The maximum atomic E-state index is 12.0. The maximum absolute atomic E-state index is 12.0. The number of carbonyl (C=O) groups excluding carboxylic acids is 3. The van der Waals surface area contributed by atoms with Gasteiger partial charge in [-0.15, -0.1) is 11.3 Å². The summed E-state index contributed by atoms with van der Waals surface area (Å²) >= 11 is 1.40. The third kappa shape index (κ3) is 4.09. The smallest absolute Gasteiger partial charge is 0.348 e. The molecule has 1 aromatic heterocycles. The molecule has 0 spiro atoms. The number of carbonyl (C=O) groups is 3. The van der Waals surface area contributed by atoms with E-state index in [1.807, 2.05) is 6.07 Å². The summed E-state index contributed by atoms with van der Waals surface area (Å²) in [6.45, 7) is 0.372. The largest absolute Gasteiger partial charge is 0.486 e. The molecule has 146 valence electrons. The van der Waals surface area contributed by atoms with Gasteiger partial charge in [-0.1, -0.05) is 0 Å². The van der Waals surface area contributed by atoms with Crippen LogP contribution in [0, 0.1) is 0 Å². The van der Waals surface area contributed by atoms with Crippen molar-refractivity contribution in [1.82, 2.24) is 5.32 Å². The minimum absolute atomic E-state index is 0.430. The van der Waals surface area contributed by atoms with Crippen molar-refractivity contribution in [1.29, 1.82) is 0 Å². The fourth-order valence-electron chi connectivity index (χ4n) is 3.08. The maximum Gasteiger partial charge on any atom is 0.348 e. The van der Waals surface area contributed by atoms with Crippen LogP contribution in [-0.2, 0) is 22.4 Å². The molecular weight excluding hydrogens is 384 g/mol. The molecule has 0 unspecified atom stereocenters. The molecule has 0 fully saturated rings. The molecule has 28 heavy (non-hydrogen) atoms. The lowest BCUT2D eigenvalue weighted by molar-refractivity contribution is -0.123. The van der Waals surface area contributed by atoms with Gasteiger partial charge in [-0.3, -0.25) is 10.1 Å². The van der Waals surface area contributed by atoms with Gasteiger partial charge >= 0.3 is 12.0 Å². The second-order valence-electron chi connectivity index (χ2n) is 6.35. The fourth-order valence-corrected chi connectivity index (χ4v) is 4.23. The van der Waals surface area contributed by atoms with Crippen molar-refractivity contribution in [3.8, 4) is 11.5 Å². The zero-order valence-electron chi connectivity index (χ0n) is 14.9. The highest BCUT2D eigenvalue weighted by molar-refractivity contribution is 7.14. The standard InChI is InChI=1S/C19H18N2O6S/c22-17(10-27-18(23)16-8-11-2-1-3-15(11)28-16)21-19(24)20-12-4-5-13-14(9-12)26-7-6-25-13/h4-5,8-9H,1-3,6-7,10H2,(H2,20,21,22,24). The third-order valence-corrected chi connectivity index (χ3v) is 5.55. The number of nitrogens with one attached hydrogen (secondary N) is 2.